The van der Waals surface area contributed by atoms with Crippen molar-refractivity contribution < 1.29 is 18.3 Å². The fourth-order valence-electron chi connectivity index (χ4n) is 1.96. The van der Waals surface area contributed by atoms with E-state index in [4.69, 9.17) is 4.74 Å². The fourth-order valence-corrected chi connectivity index (χ4v) is 3.28. The zero-order valence-corrected chi connectivity index (χ0v) is 11.0. The molecule has 1 aliphatic heterocycles. The zero-order chi connectivity index (χ0) is 13.2. The summed E-state index contributed by atoms with van der Waals surface area (Å²) in [4.78, 5) is 0. The van der Waals surface area contributed by atoms with Gasteiger partial charge < -0.3 is 9.84 Å². The van der Waals surface area contributed by atoms with E-state index in [0.29, 0.717) is 17.9 Å². The molecule has 1 heterocycles. The van der Waals surface area contributed by atoms with Crippen molar-refractivity contribution in [2.24, 2.45) is 0 Å². The molecule has 1 unspecified atom stereocenters. The number of phenolic OH excluding ortho intramolecular Hbond substituents is 1. The van der Waals surface area contributed by atoms with Crippen LogP contribution in [0.25, 0.3) is 0 Å². The van der Waals surface area contributed by atoms with E-state index in [-0.39, 0.29) is 17.6 Å². The van der Waals surface area contributed by atoms with Gasteiger partial charge in [-0.25, -0.2) is 8.42 Å². The van der Waals surface area contributed by atoms with E-state index in [9.17, 15) is 13.5 Å². The van der Waals surface area contributed by atoms with Gasteiger partial charge in [0, 0.05) is 12.3 Å². The number of hydrogen-bond acceptors (Lipinski definition) is 4. The van der Waals surface area contributed by atoms with Gasteiger partial charge in [-0.05, 0) is 43.5 Å². The van der Waals surface area contributed by atoms with E-state index in [1.165, 1.54) is 12.1 Å². The van der Waals surface area contributed by atoms with Crippen LogP contribution in [0.15, 0.2) is 18.2 Å². The molecular weight excluding hydrogens is 254 g/mol. The first-order valence-corrected chi connectivity index (χ1v) is 7.53. The summed E-state index contributed by atoms with van der Waals surface area (Å²) in [6.07, 6.45) is 1.49. The Morgan fingerprint density at radius 3 is 2.89 bits per heavy atom. The summed E-state index contributed by atoms with van der Waals surface area (Å²) in [5.74, 6) is 0.129. The number of rotatable bonds is 4. The molecule has 0 aliphatic carbocycles. The van der Waals surface area contributed by atoms with Crippen LogP contribution in [-0.4, -0.2) is 32.0 Å². The molecule has 18 heavy (non-hydrogen) atoms. The maximum Gasteiger partial charge on any atom is 0.235 e. The molecule has 0 saturated carbocycles. The number of aryl methyl sites for hydroxylation is 1. The van der Waals surface area contributed by atoms with E-state index in [0.717, 1.165) is 12.8 Å². The Bertz CT molecular complexity index is 521. The van der Waals surface area contributed by atoms with E-state index >= 15 is 0 Å². The monoisotopic (exact) mass is 271 g/mol. The Morgan fingerprint density at radius 1 is 1.50 bits per heavy atom. The minimum absolute atomic E-state index is 0.0209. The van der Waals surface area contributed by atoms with Crippen LogP contribution in [0, 0.1) is 6.92 Å². The van der Waals surface area contributed by atoms with E-state index < -0.39 is 10.0 Å². The number of nitrogens with one attached hydrogen (secondary N) is 1. The lowest BCUT2D eigenvalue weighted by Gasteiger charge is -2.12. The second-order valence-corrected chi connectivity index (χ2v) is 6.29. The minimum atomic E-state index is -3.40. The molecule has 1 fully saturated rings. The first kappa shape index (κ1) is 13.2. The second-order valence-electron chi connectivity index (χ2n) is 4.52. The molecule has 1 aromatic carbocycles. The minimum Gasteiger partial charge on any atom is -0.508 e. The highest BCUT2D eigenvalue weighted by Crippen LogP contribution is 2.22. The Morgan fingerprint density at radius 2 is 2.28 bits per heavy atom. The summed E-state index contributed by atoms with van der Waals surface area (Å²) in [6.45, 7) is 2.35. The van der Waals surface area contributed by atoms with Crippen molar-refractivity contribution in [2.45, 2.75) is 25.9 Å². The fraction of sp³-hybridized carbons (Fsp3) is 0.500. The van der Waals surface area contributed by atoms with Crippen molar-refractivity contribution in [3.63, 3.8) is 0 Å². The molecule has 2 N–H and O–H groups in total. The Hall–Kier alpha value is -1.27. The number of anilines is 1. The third kappa shape index (κ3) is 3.36. The molecule has 0 amide bonds. The van der Waals surface area contributed by atoms with Gasteiger partial charge in [-0.3, -0.25) is 4.72 Å². The third-order valence-electron chi connectivity index (χ3n) is 2.90. The second kappa shape index (κ2) is 5.16. The maximum atomic E-state index is 11.9. The summed E-state index contributed by atoms with van der Waals surface area (Å²) in [7, 11) is -3.40. The lowest BCUT2D eigenvalue weighted by molar-refractivity contribution is 0.127. The van der Waals surface area contributed by atoms with Crippen molar-refractivity contribution in [3.8, 4) is 5.75 Å². The predicted octanol–water partition coefficient (Wildman–Crippen LogP) is 1.62. The van der Waals surface area contributed by atoms with Gasteiger partial charge in [0.15, 0.2) is 0 Å². The Balaban J connectivity index is 2.04. The van der Waals surface area contributed by atoms with E-state index in [1.54, 1.807) is 13.0 Å². The van der Waals surface area contributed by atoms with Crippen LogP contribution in [0.5, 0.6) is 5.75 Å². The molecule has 2 rings (SSSR count). The largest absolute Gasteiger partial charge is 0.508 e. The van der Waals surface area contributed by atoms with Crippen LogP contribution in [0.2, 0.25) is 0 Å². The molecule has 0 aromatic heterocycles. The molecule has 5 nitrogen and oxygen atoms in total. The topological polar surface area (TPSA) is 75.6 Å². The molecule has 0 radical (unpaired) electrons. The van der Waals surface area contributed by atoms with Crippen molar-refractivity contribution in [2.75, 3.05) is 17.1 Å². The molecule has 6 heteroatoms. The summed E-state index contributed by atoms with van der Waals surface area (Å²) in [5, 5.41) is 9.37. The average molecular weight is 271 g/mol. The summed E-state index contributed by atoms with van der Waals surface area (Å²) >= 11 is 0. The number of sulfonamides is 1. The average Bonchev–Trinajstić information content (AvgIpc) is 2.75. The van der Waals surface area contributed by atoms with E-state index in [2.05, 4.69) is 4.72 Å². The molecule has 1 saturated heterocycles. The van der Waals surface area contributed by atoms with Crippen molar-refractivity contribution in [3.05, 3.63) is 23.8 Å². The SMILES string of the molecule is Cc1cc(NS(=O)(=O)CC2CCCO2)ccc1O. The number of hydrogen-bond donors (Lipinski definition) is 2. The van der Waals surface area contributed by atoms with Gasteiger partial charge in [0.2, 0.25) is 10.0 Å². The molecule has 1 atom stereocenters. The standard InChI is InChI=1S/C12H17NO4S/c1-9-7-10(4-5-12(9)14)13-18(15,16)8-11-3-2-6-17-11/h4-5,7,11,13-14H,2-3,6,8H2,1H3. The zero-order valence-electron chi connectivity index (χ0n) is 10.2. The van der Waals surface area contributed by atoms with Gasteiger partial charge in [-0.2, -0.15) is 0 Å². The summed E-state index contributed by atoms with van der Waals surface area (Å²) in [5.41, 5.74) is 1.09. The van der Waals surface area contributed by atoms with Crippen LogP contribution in [-0.2, 0) is 14.8 Å². The predicted molar refractivity (Wildman–Crippen MR) is 69.2 cm³/mol. The van der Waals surface area contributed by atoms with Gasteiger partial charge in [0.1, 0.15) is 5.75 Å². The van der Waals surface area contributed by atoms with Crippen LogP contribution in [0.3, 0.4) is 0 Å². The number of phenols is 1. The van der Waals surface area contributed by atoms with E-state index in [1.807, 2.05) is 0 Å². The molecule has 1 aliphatic rings. The maximum absolute atomic E-state index is 11.9. The number of aromatic hydroxyl groups is 1. The molecule has 0 spiro atoms. The van der Waals surface area contributed by atoms with Crippen molar-refractivity contribution >= 4 is 15.7 Å². The van der Waals surface area contributed by atoms with Gasteiger partial charge in [0.25, 0.3) is 0 Å². The molecule has 100 valence electrons. The number of benzene rings is 1. The lowest BCUT2D eigenvalue weighted by atomic mass is 10.2. The van der Waals surface area contributed by atoms with Gasteiger partial charge >= 0.3 is 0 Å². The highest BCUT2D eigenvalue weighted by Gasteiger charge is 2.23. The summed E-state index contributed by atoms with van der Waals surface area (Å²) < 4.78 is 31.6. The Kier molecular flexibility index (Phi) is 3.77. The highest BCUT2D eigenvalue weighted by molar-refractivity contribution is 7.92. The normalized spacial score (nSPS) is 19.9. The molecule has 1 aromatic rings. The number of ether oxygens (including phenoxy) is 1. The van der Waals surface area contributed by atoms with Gasteiger partial charge in [0.05, 0.1) is 11.9 Å². The van der Waals surface area contributed by atoms with Crippen LogP contribution >= 0.6 is 0 Å². The third-order valence-corrected chi connectivity index (χ3v) is 4.26. The van der Waals surface area contributed by atoms with Crippen LogP contribution in [0.1, 0.15) is 18.4 Å². The first-order chi connectivity index (χ1) is 8.46. The quantitative estimate of drug-likeness (QED) is 0.816. The van der Waals surface area contributed by atoms with Crippen LogP contribution in [0.4, 0.5) is 5.69 Å². The molecule has 0 bridgehead atoms. The van der Waals surface area contributed by atoms with Gasteiger partial charge in [-0.15, -0.1) is 0 Å². The summed E-state index contributed by atoms with van der Waals surface area (Å²) in [6, 6.07) is 4.61. The van der Waals surface area contributed by atoms with Crippen molar-refractivity contribution in [1.82, 2.24) is 0 Å². The van der Waals surface area contributed by atoms with Crippen molar-refractivity contribution in [1.29, 1.82) is 0 Å². The highest BCUT2D eigenvalue weighted by atomic mass is 32.2. The van der Waals surface area contributed by atoms with Crippen LogP contribution < -0.4 is 4.72 Å². The smallest absolute Gasteiger partial charge is 0.235 e. The van der Waals surface area contributed by atoms with Gasteiger partial charge in [-0.1, -0.05) is 0 Å². The first-order valence-electron chi connectivity index (χ1n) is 5.88. The Labute approximate surface area is 107 Å². The molecular formula is C12H17NO4S. The lowest BCUT2D eigenvalue weighted by Crippen LogP contribution is -2.25.